The average molecular weight is 499 g/mol. The van der Waals surface area contributed by atoms with Crippen LogP contribution in [0.1, 0.15) is 49.6 Å². The van der Waals surface area contributed by atoms with Crippen molar-refractivity contribution in [3.63, 3.8) is 0 Å². The van der Waals surface area contributed by atoms with Crippen LogP contribution in [0, 0.1) is 6.92 Å². The number of alkyl halides is 4. The molecule has 3 aromatic rings. The fourth-order valence-corrected chi connectivity index (χ4v) is 3.95. The SMILES string of the molecule is Cc1cnc(Nc2cc([C@H]3CC[C@@H](OC(=O)NC(C)C)[C@@H]3F)[nH]n2)n2cc(COC(F)(F)F)nc12. The summed E-state index contributed by atoms with van der Waals surface area (Å²) in [6.07, 6.45) is -3.96. The van der Waals surface area contributed by atoms with E-state index in [4.69, 9.17) is 4.74 Å². The molecule has 0 aliphatic heterocycles. The quantitative estimate of drug-likeness (QED) is 0.416. The maximum absolute atomic E-state index is 15.0. The van der Waals surface area contributed by atoms with Crippen LogP contribution >= 0.6 is 0 Å². The van der Waals surface area contributed by atoms with Gasteiger partial charge in [0.05, 0.1) is 12.3 Å². The maximum Gasteiger partial charge on any atom is 0.522 e. The summed E-state index contributed by atoms with van der Waals surface area (Å²) in [7, 11) is 0. The zero-order valence-electron chi connectivity index (χ0n) is 19.2. The Morgan fingerprint density at radius 2 is 2.11 bits per heavy atom. The fraction of sp³-hybridized carbons (Fsp3) is 0.524. The largest absolute Gasteiger partial charge is 0.522 e. The van der Waals surface area contributed by atoms with Gasteiger partial charge in [0.1, 0.15) is 17.9 Å². The lowest BCUT2D eigenvalue weighted by Crippen LogP contribution is -2.36. The van der Waals surface area contributed by atoms with Crippen molar-refractivity contribution >= 4 is 23.5 Å². The number of aromatic amines is 1. The molecule has 1 aliphatic carbocycles. The highest BCUT2D eigenvalue weighted by molar-refractivity contribution is 5.67. The van der Waals surface area contributed by atoms with Gasteiger partial charge >= 0.3 is 12.5 Å². The number of rotatable bonds is 7. The first-order chi connectivity index (χ1) is 16.5. The van der Waals surface area contributed by atoms with Crippen molar-refractivity contribution in [1.82, 2.24) is 29.9 Å². The molecule has 0 spiro atoms. The van der Waals surface area contributed by atoms with E-state index in [1.54, 1.807) is 26.8 Å². The number of fused-ring (bicyclic) bond motifs is 1. The summed E-state index contributed by atoms with van der Waals surface area (Å²) in [6, 6.07) is 1.50. The van der Waals surface area contributed by atoms with Crippen LogP contribution in [-0.2, 0) is 16.1 Å². The molecule has 1 fully saturated rings. The molecule has 3 aromatic heterocycles. The minimum Gasteiger partial charge on any atom is -0.443 e. The number of hydrogen-bond donors (Lipinski definition) is 3. The zero-order valence-corrected chi connectivity index (χ0v) is 19.2. The highest BCUT2D eigenvalue weighted by Crippen LogP contribution is 2.38. The minimum absolute atomic E-state index is 0.0722. The Labute approximate surface area is 197 Å². The Bertz CT molecular complexity index is 1190. The van der Waals surface area contributed by atoms with E-state index in [1.807, 2.05) is 0 Å². The number of alkyl carbamates (subject to hydrolysis) is 1. The van der Waals surface area contributed by atoms with E-state index in [1.165, 1.54) is 16.8 Å². The van der Waals surface area contributed by atoms with Crippen molar-refractivity contribution in [1.29, 1.82) is 0 Å². The molecule has 190 valence electrons. The van der Waals surface area contributed by atoms with E-state index >= 15 is 0 Å². The second-order valence-electron chi connectivity index (χ2n) is 8.63. The Hall–Kier alpha value is -3.42. The monoisotopic (exact) mass is 499 g/mol. The molecule has 35 heavy (non-hydrogen) atoms. The molecule has 3 atom stereocenters. The van der Waals surface area contributed by atoms with Gasteiger partial charge < -0.3 is 15.4 Å². The number of carbonyl (C=O) groups excluding carboxylic acids is 1. The van der Waals surface area contributed by atoms with Crippen LogP contribution in [0.2, 0.25) is 0 Å². The standard InChI is InChI=1S/C21H25F4N7O3/c1-10(2)27-20(33)35-15-5-4-13(17(15)22)14-6-16(31-30-14)29-19-26-7-11(3)18-28-12(8-32(18)19)9-34-21(23,24)25/h6-8,10,13,15,17H,4-5,9H2,1-3H3,(H,27,33)(H2,26,29,30,31)/t13-,15-,17-/m1/s1. The molecule has 10 nitrogen and oxygen atoms in total. The van der Waals surface area contributed by atoms with Gasteiger partial charge in [-0.15, -0.1) is 13.2 Å². The Balaban J connectivity index is 1.46. The predicted octanol–water partition coefficient (Wildman–Crippen LogP) is 4.26. The normalized spacial score (nSPS) is 20.5. The summed E-state index contributed by atoms with van der Waals surface area (Å²) in [4.78, 5) is 20.3. The molecule has 14 heteroatoms. The molecule has 1 aliphatic rings. The molecule has 1 amide bonds. The van der Waals surface area contributed by atoms with Crippen LogP contribution in [0.5, 0.6) is 0 Å². The second kappa shape index (κ2) is 9.68. The fourth-order valence-electron chi connectivity index (χ4n) is 3.95. The van der Waals surface area contributed by atoms with E-state index in [0.717, 1.165) is 0 Å². The second-order valence-corrected chi connectivity index (χ2v) is 8.63. The maximum atomic E-state index is 15.0. The zero-order chi connectivity index (χ0) is 25.3. The Morgan fingerprint density at radius 1 is 1.34 bits per heavy atom. The Kier molecular flexibility index (Phi) is 6.83. The van der Waals surface area contributed by atoms with Crippen molar-refractivity contribution in [2.75, 3.05) is 5.32 Å². The molecule has 4 rings (SSSR count). The number of H-pyrrole nitrogens is 1. The Morgan fingerprint density at radius 3 is 2.83 bits per heavy atom. The molecular weight excluding hydrogens is 474 g/mol. The van der Waals surface area contributed by atoms with E-state index in [9.17, 15) is 22.4 Å². The van der Waals surface area contributed by atoms with E-state index in [0.29, 0.717) is 35.6 Å². The summed E-state index contributed by atoms with van der Waals surface area (Å²) in [5.41, 5.74) is 1.64. The van der Waals surface area contributed by atoms with Crippen LogP contribution in [0.3, 0.4) is 0 Å². The van der Waals surface area contributed by atoms with Gasteiger partial charge in [-0.1, -0.05) is 0 Å². The number of hydrogen-bond acceptors (Lipinski definition) is 7. The first-order valence-electron chi connectivity index (χ1n) is 11.0. The van der Waals surface area contributed by atoms with Gasteiger partial charge in [0, 0.05) is 41.7 Å². The molecule has 0 unspecified atom stereocenters. The summed E-state index contributed by atoms with van der Waals surface area (Å²) in [6.45, 7) is 4.54. The van der Waals surface area contributed by atoms with Crippen molar-refractivity contribution in [3.8, 4) is 0 Å². The van der Waals surface area contributed by atoms with Gasteiger partial charge in [0.15, 0.2) is 5.82 Å². The van der Waals surface area contributed by atoms with Gasteiger partial charge in [-0.05, 0) is 33.6 Å². The first kappa shape index (κ1) is 24.7. The van der Waals surface area contributed by atoms with Gasteiger partial charge in [0.25, 0.3) is 0 Å². The number of nitrogens with zero attached hydrogens (tertiary/aromatic N) is 4. The van der Waals surface area contributed by atoms with Crippen LogP contribution in [0.25, 0.3) is 5.65 Å². The number of halogens is 4. The van der Waals surface area contributed by atoms with E-state index in [-0.39, 0.29) is 17.7 Å². The van der Waals surface area contributed by atoms with Gasteiger partial charge in [-0.3, -0.25) is 14.2 Å². The predicted molar refractivity (Wildman–Crippen MR) is 116 cm³/mol. The lowest BCUT2D eigenvalue weighted by Gasteiger charge is -2.18. The topological polar surface area (TPSA) is 118 Å². The summed E-state index contributed by atoms with van der Waals surface area (Å²) >= 11 is 0. The summed E-state index contributed by atoms with van der Waals surface area (Å²) in [5.74, 6) is 0.0398. The van der Waals surface area contributed by atoms with Crippen LogP contribution in [0.15, 0.2) is 18.5 Å². The van der Waals surface area contributed by atoms with Gasteiger partial charge in [-0.2, -0.15) is 5.10 Å². The number of nitrogens with one attached hydrogen (secondary N) is 3. The third-order valence-corrected chi connectivity index (χ3v) is 5.50. The number of aryl methyl sites for hydroxylation is 1. The van der Waals surface area contributed by atoms with Crippen molar-refractivity contribution < 1.29 is 31.8 Å². The highest BCUT2D eigenvalue weighted by Gasteiger charge is 2.41. The van der Waals surface area contributed by atoms with Crippen molar-refractivity contribution in [3.05, 3.63) is 35.4 Å². The number of ether oxygens (including phenoxy) is 2. The smallest absolute Gasteiger partial charge is 0.443 e. The van der Waals surface area contributed by atoms with Gasteiger partial charge in [0.2, 0.25) is 5.95 Å². The summed E-state index contributed by atoms with van der Waals surface area (Å²) in [5, 5.41) is 12.5. The third kappa shape index (κ3) is 5.81. The number of imidazole rings is 1. The molecule has 0 aromatic carbocycles. The van der Waals surface area contributed by atoms with Crippen LogP contribution in [0.4, 0.5) is 34.1 Å². The van der Waals surface area contributed by atoms with Crippen molar-refractivity contribution in [2.45, 2.75) is 70.8 Å². The van der Waals surface area contributed by atoms with Crippen LogP contribution in [-0.4, -0.2) is 55.3 Å². The highest BCUT2D eigenvalue weighted by atomic mass is 19.4. The number of amides is 1. The molecular formula is C21H25F4N7O3. The van der Waals surface area contributed by atoms with E-state index < -0.39 is 37.3 Å². The lowest BCUT2D eigenvalue weighted by atomic mass is 10.0. The molecule has 0 saturated heterocycles. The van der Waals surface area contributed by atoms with E-state index in [2.05, 4.69) is 35.5 Å². The molecule has 0 bridgehead atoms. The molecule has 0 radical (unpaired) electrons. The number of carbonyl (C=O) groups is 1. The lowest BCUT2D eigenvalue weighted by molar-refractivity contribution is -0.330. The molecule has 1 saturated carbocycles. The average Bonchev–Trinajstić information content (AvgIpc) is 3.47. The molecule has 3 heterocycles. The van der Waals surface area contributed by atoms with Crippen molar-refractivity contribution in [2.24, 2.45) is 0 Å². The molecule has 3 N–H and O–H groups in total. The number of anilines is 2. The van der Waals surface area contributed by atoms with Gasteiger partial charge in [-0.25, -0.2) is 19.2 Å². The first-order valence-corrected chi connectivity index (χ1v) is 11.0. The van der Waals surface area contributed by atoms with Crippen LogP contribution < -0.4 is 10.6 Å². The summed E-state index contributed by atoms with van der Waals surface area (Å²) < 4.78 is 62.7. The minimum atomic E-state index is -4.77. The third-order valence-electron chi connectivity index (χ3n) is 5.50. The number of aromatic nitrogens is 5.